The molecule has 136 valence electrons. The Morgan fingerprint density at radius 3 is 2.26 bits per heavy atom. The van der Waals surface area contributed by atoms with Gasteiger partial charge in [-0.15, -0.1) is 0 Å². The average Bonchev–Trinajstić information content (AvgIpc) is 2.68. The first-order valence-corrected chi connectivity index (χ1v) is 8.82. The third kappa shape index (κ3) is 4.68. The molecule has 3 aromatic rings. The van der Waals surface area contributed by atoms with E-state index in [1.54, 1.807) is 24.7 Å². The smallest absolute Gasteiger partial charge is 0.166 e. The molecule has 1 atom stereocenters. The van der Waals surface area contributed by atoms with E-state index in [2.05, 4.69) is 41.8 Å². The Labute approximate surface area is 159 Å². The highest BCUT2D eigenvalue weighted by atomic mass is 16.5. The lowest BCUT2D eigenvalue weighted by Crippen LogP contribution is -2.20. The summed E-state index contributed by atoms with van der Waals surface area (Å²) < 4.78 is 5.72. The van der Waals surface area contributed by atoms with Crippen LogP contribution in [0.15, 0.2) is 61.1 Å². The third-order valence-corrected chi connectivity index (χ3v) is 4.28. The Bertz CT molecular complexity index is 908. The minimum atomic E-state index is -0.0264. The SMILES string of the molecule is CC(C)(C)C(c1ccc(C#N)cc1)c1ccc(OCc2ncccn2)cn1. The van der Waals surface area contributed by atoms with Crippen molar-refractivity contribution < 1.29 is 4.74 Å². The summed E-state index contributed by atoms with van der Waals surface area (Å²) in [6, 6.07) is 15.6. The number of nitrogens with zero attached hydrogens (tertiary/aromatic N) is 4. The molecule has 2 heterocycles. The molecule has 0 saturated carbocycles. The van der Waals surface area contributed by atoms with Crippen LogP contribution < -0.4 is 4.74 Å². The summed E-state index contributed by atoms with van der Waals surface area (Å²) in [5, 5.41) is 9.02. The predicted molar refractivity (Wildman–Crippen MR) is 103 cm³/mol. The van der Waals surface area contributed by atoms with Crippen LogP contribution in [-0.4, -0.2) is 15.0 Å². The fraction of sp³-hybridized carbons (Fsp3) is 0.273. The van der Waals surface area contributed by atoms with Crippen LogP contribution in [0, 0.1) is 16.7 Å². The zero-order valence-electron chi connectivity index (χ0n) is 15.8. The molecule has 0 aliphatic carbocycles. The van der Waals surface area contributed by atoms with Gasteiger partial charge >= 0.3 is 0 Å². The van der Waals surface area contributed by atoms with Gasteiger partial charge in [-0.2, -0.15) is 5.26 Å². The molecule has 27 heavy (non-hydrogen) atoms. The normalized spacial score (nSPS) is 12.2. The summed E-state index contributed by atoms with van der Waals surface area (Å²) in [6.45, 7) is 6.87. The summed E-state index contributed by atoms with van der Waals surface area (Å²) in [6.07, 6.45) is 5.12. The Hall–Kier alpha value is -3.26. The highest BCUT2D eigenvalue weighted by Gasteiger charge is 2.29. The molecule has 1 aromatic carbocycles. The first-order valence-electron chi connectivity index (χ1n) is 8.82. The van der Waals surface area contributed by atoms with Crippen LogP contribution in [-0.2, 0) is 6.61 Å². The van der Waals surface area contributed by atoms with Gasteiger partial charge in [-0.05, 0) is 41.3 Å². The van der Waals surface area contributed by atoms with E-state index in [1.807, 2.05) is 36.4 Å². The molecule has 1 unspecified atom stereocenters. The van der Waals surface area contributed by atoms with Gasteiger partial charge in [0.2, 0.25) is 0 Å². The number of benzene rings is 1. The fourth-order valence-corrected chi connectivity index (χ4v) is 3.06. The largest absolute Gasteiger partial charge is 0.484 e. The third-order valence-electron chi connectivity index (χ3n) is 4.28. The van der Waals surface area contributed by atoms with Gasteiger partial charge in [0.25, 0.3) is 0 Å². The molecular formula is C22H22N4O. The van der Waals surface area contributed by atoms with Gasteiger partial charge < -0.3 is 4.74 Å². The maximum Gasteiger partial charge on any atom is 0.166 e. The van der Waals surface area contributed by atoms with Crippen molar-refractivity contribution in [1.29, 1.82) is 5.26 Å². The van der Waals surface area contributed by atoms with E-state index in [0.717, 1.165) is 11.3 Å². The van der Waals surface area contributed by atoms with Crippen molar-refractivity contribution in [3.05, 3.63) is 83.7 Å². The highest BCUT2D eigenvalue weighted by molar-refractivity contribution is 5.37. The molecular weight excluding hydrogens is 336 g/mol. The number of pyridine rings is 1. The number of ether oxygens (including phenoxy) is 1. The lowest BCUT2D eigenvalue weighted by molar-refractivity contribution is 0.293. The molecule has 5 heteroatoms. The quantitative estimate of drug-likeness (QED) is 0.671. The molecule has 5 nitrogen and oxygen atoms in total. The zero-order chi connectivity index (χ0) is 19.3. The number of hydrogen-bond acceptors (Lipinski definition) is 5. The minimum absolute atomic E-state index is 0.0264. The number of hydrogen-bond donors (Lipinski definition) is 0. The zero-order valence-corrected chi connectivity index (χ0v) is 15.8. The topological polar surface area (TPSA) is 71.7 Å². The van der Waals surface area contributed by atoms with Crippen LogP contribution in [0.25, 0.3) is 0 Å². The second-order valence-corrected chi connectivity index (χ2v) is 7.41. The van der Waals surface area contributed by atoms with Crippen LogP contribution in [0.2, 0.25) is 0 Å². The van der Waals surface area contributed by atoms with Gasteiger partial charge in [0.05, 0.1) is 17.8 Å². The second-order valence-electron chi connectivity index (χ2n) is 7.41. The maximum absolute atomic E-state index is 9.02. The second kappa shape index (κ2) is 7.96. The number of nitriles is 1. The Balaban J connectivity index is 1.80. The monoisotopic (exact) mass is 358 g/mol. The van der Waals surface area contributed by atoms with Crippen LogP contribution in [0.3, 0.4) is 0 Å². The summed E-state index contributed by atoms with van der Waals surface area (Å²) in [5.74, 6) is 1.42. The van der Waals surface area contributed by atoms with E-state index in [4.69, 9.17) is 10.00 Å². The van der Waals surface area contributed by atoms with Gasteiger partial charge in [-0.1, -0.05) is 32.9 Å². The molecule has 0 bridgehead atoms. The molecule has 2 aromatic heterocycles. The van der Waals surface area contributed by atoms with Crippen LogP contribution in [0.5, 0.6) is 5.75 Å². The van der Waals surface area contributed by atoms with Crippen LogP contribution in [0.4, 0.5) is 0 Å². The standard InChI is InChI=1S/C22H22N4O/c1-22(2,3)21(17-7-5-16(13-23)6-8-17)19-10-9-18(14-26-19)27-15-20-24-11-4-12-25-20/h4-12,14,21H,15H2,1-3H3. The summed E-state index contributed by atoms with van der Waals surface area (Å²) in [4.78, 5) is 12.9. The van der Waals surface area contributed by atoms with Crippen LogP contribution >= 0.6 is 0 Å². The molecule has 0 aliphatic heterocycles. The molecule has 0 radical (unpaired) electrons. The molecule has 0 N–H and O–H groups in total. The van der Waals surface area contributed by atoms with Crippen LogP contribution in [0.1, 0.15) is 49.3 Å². The predicted octanol–water partition coefficient (Wildman–Crippen LogP) is 4.50. The lowest BCUT2D eigenvalue weighted by atomic mass is 9.74. The minimum Gasteiger partial charge on any atom is -0.484 e. The van der Waals surface area contributed by atoms with E-state index in [9.17, 15) is 0 Å². The van der Waals surface area contributed by atoms with Crippen molar-refractivity contribution in [1.82, 2.24) is 15.0 Å². The number of rotatable bonds is 5. The first kappa shape index (κ1) is 18.5. The van der Waals surface area contributed by atoms with Crippen molar-refractivity contribution in [3.8, 4) is 11.8 Å². The van der Waals surface area contributed by atoms with Crippen molar-refractivity contribution in [2.75, 3.05) is 0 Å². The van der Waals surface area contributed by atoms with E-state index < -0.39 is 0 Å². The Morgan fingerprint density at radius 2 is 1.70 bits per heavy atom. The molecule has 0 saturated heterocycles. The molecule has 3 rings (SSSR count). The highest BCUT2D eigenvalue weighted by Crippen LogP contribution is 2.39. The summed E-state index contributed by atoms with van der Waals surface area (Å²) in [7, 11) is 0. The Morgan fingerprint density at radius 1 is 1.00 bits per heavy atom. The van der Waals surface area contributed by atoms with Gasteiger partial charge in [0.1, 0.15) is 12.4 Å². The van der Waals surface area contributed by atoms with Crippen molar-refractivity contribution in [3.63, 3.8) is 0 Å². The van der Waals surface area contributed by atoms with Crippen molar-refractivity contribution >= 4 is 0 Å². The van der Waals surface area contributed by atoms with Gasteiger partial charge in [-0.25, -0.2) is 9.97 Å². The van der Waals surface area contributed by atoms with E-state index in [1.165, 1.54) is 0 Å². The summed E-state index contributed by atoms with van der Waals surface area (Å²) in [5.41, 5.74) is 2.74. The van der Waals surface area contributed by atoms with E-state index in [-0.39, 0.29) is 11.3 Å². The number of aromatic nitrogens is 3. The van der Waals surface area contributed by atoms with Crippen molar-refractivity contribution in [2.45, 2.75) is 33.3 Å². The van der Waals surface area contributed by atoms with Gasteiger partial charge in [0, 0.05) is 24.0 Å². The maximum atomic E-state index is 9.02. The first-order chi connectivity index (χ1) is 13.0. The molecule has 0 fully saturated rings. The van der Waals surface area contributed by atoms with E-state index >= 15 is 0 Å². The fourth-order valence-electron chi connectivity index (χ4n) is 3.06. The Kier molecular flexibility index (Phi) is 5.46. The molecule has 0 amide bonds. The molecule has 0 spiro atoms. The van der Waals surface area contributed by atoms with Gasteiger partial charge in [0.15, 0.2) is 5.82 Å². The molecule has 0 aliphatic rings. The average molecular weight is 358 g/mol. The van der Waals surface area contributed by atoms with E-state index in [0.29, 0.717) is 23.7 Å². The summed E-state index contributed by atoms with van der Waals surface area (Å²) >= 11 is 0. The van der Waals surface area contributed by atoms with Crippen molar-refractivity contribution in [2.24, 2.45) is 5.41 Å². The lowest BCUT2D eigenvalue weighted by Gasteiger charge is -2.31. The van der Waals surface area contributed by atoms with Gasteiger partial charge in [-0.3, -0.25) is 4.98 Å².